The molecule has 1 heterocycles. The van der Waals surface area contributed by atoms with Crippen molar-refractivity contribution in [3.8, 4) is 0 Å². The summed E-state index contributed by atoms with van der Waals surface area (Å²) >= 11 is 0. The van der Waals surface area contributed by atoms with Gasteiger partial charge in [-0.1, -0.05) is 6.92 Å². The summed E-state index contributed by atoms with van der Waals surface area (Å²) in [6, 6.07) is -0.852. The van der Waals surface area contributed by atoms with Crippen LogP contribution in [0.15, 0.2) is 0 Å². The zero-order valence-electron chi connectivity index (χ0n) is 11.9. The fourth-order valence-electron chi connectivity index (χ4n) is 2.07. The number of rotatable bonds is 7. The van der Waals surface area contributed by atoms with Crippen LogP contribution in [0.1, 0.15) is 20.3 Å². The SMILES string of the molecule is CCCN(C1COCC1C(=O)O)S(=O)(=O)NC(=O)OCC. The molecule has 0 aromatic rings. The molecule has 21 heavy (non-hydrogen) atoms. The number of ether oxygens (including phenoxy) is 2. The molecule has 9 nitrogen and oxygen atoms in total. The predicted octanol–water partition coefficient (Wildman–Crippen LogP) is -0.211. The second-order valence-corrected chi connectivity index (χ2v) is 6.11. The maximum atomic E-state index is 12.2. The normalized spacial score (nSPS) is 22.2. The molecule has 10 heteroatoms. The van der Waals surface area contributed by atoms with Crippen molar-refractivity contribution in [2.24, 2.45) is 5.92 Å². The van der Waals surface area contributed by atoms with Crippen LogP contribution in [-0.4, -0.2) is 62.3 Å². The van der Waals surface area contributed by atoms with Gasteiger partial charge < -0.3 is 14.6 Å². The summed E-state index contributed by atoms with van der Waals surface area (Å²) in [7, 11) is -4.19. The van der Waals surface area contributed by atoms with Crippen molar-refractivity contribution in [1.82, 2.24) is 9.03 Å². The predicted molar refractivity (Wildman–Crippen MR) is 71.8 cm³/mol. The molecule has 0 bridgehead atoms. The molecule has 0 radical (unpaired) electrons. The number of carbonyl (C=O) groups excluding carboxylic acids is 1. The summed E-state index contributed by atoms with van der Waals surface area (Å²) in [6.07, 6.45) is -0.628. The van der Waals surface area contributed by atoms with Gasteiger partial charge >= 0.3 is 22.3 Å². The van der Waals surface area contributed by atoms with Crippen LogP contribution in [0.4, 0.5) is 4.79 Å². The molecule has 2 atom stereocenters. The maximum Gasteiger partial charge on any atom is 0.421 e. The van der Waals surface area contributed by atoms with Crippen LogP contribution < -0.4 is 4.72 Å². The number of carbonyl (C=O) groups is 2. The second-order valence-electron chi connectivity index (χ2n) is 4.49. The molecule has 2 unspecified atom stereocenters. The van der Waals surface area contributed by atoms with E-state index in [0.29, 0.717) is 6.42 Å². The van der Waals surface area contributed by atoms with Crippen molar-refractivity contribution in [2.45, 2.75) is 26.3 Å². The van der Waals surface area contributed by atoms with E-state index < -0.39 is 34.2 Å². The van der Waals surface area contributed by atoms with Gasteiger partial charge in [0.1, 0.15) is 0 Å². The van der Waals surface area contributed by atoms with Crippen molar-refractivity contribution in [2.75, 3.05) is 26.4 Å². The molecule has 1 fully saturated rings. The van der Waals surface area contributed by atoms with Gasteiger partial charge in [0.2, 0.25) is 0 Å². The van der Waals surface area contributed by atoms with E-state index in [4.69, 9.17) is 9.84 Å². The number of aliphatic carboxylic acids is 1. The highest BCUT2D eigenvalue weighted by Crippen LogP contribution is 2.22. The molecular formula is C11H20N2O7S. The van der Waals surface area contributed by atoms with Crippen LogP contribution in [0.3, 0.4) is 0 Å². The Bertz CT molecular complexity index is 479. The summed E-state index contributed by atoms with van der Waals surface area (Å²) in [5.41, 5.74) is 0. The lowest BCUT2D eigenvalue weighted by atomic mass is 10.0. The van der Waals surface area contributed by atoms with Gasteiger partial charge in [0.05, 0.1) is 31.8 Å². The molecule has 0 aromatic carbocycles. The molecule has 1 saturated heterocycles. The first-order valence-corrected chi connectivity index (χ1v) is 8.04. The smallest absolute Gasteiger partial charge is 0.421 e. The maximum absolute atomic E-state index is 12.2. The minimum atomic E-state index is -4.19. The fourth-order valence-corrected chi connectivity index (χ4v) is 3.45. The summed E-state index contributed by atoms with van der Waals surface area (Å²) in [6.45, 7) is 3.31. The topological polar surface area (TPSA) is 122 Å². The molecule has 0 aliphatic carbocycles. The largest absolute Gasteiger partial charge is 0.481 e. The Kier molecular flexibility index (Phi) is 6.37. The van der Waals surface area contributed by atoms with Crippen LogP contribution in [0.5, 0.6) is 0 Å². The first-order chi connectivity index (χ1) is 9.83. The lowest BCUT2D eigenvalue weighted by Crippen LogP contribution is -2.52. The number of hydrogen-bond donors (Lipinski definition) is 2. The van der Waals surface area contributed by atoms with E-state index in [-0.39, 0.29) is 26.4 Å². The molecule has 1 amide bonds. The van der Waals surface area contributed by atoms with Crippen LogP contribution in [-0.2, 0) is 24.5 Å². The summed E-state index contributed by atoms with van der Waals surface area (Å²) in [5.74, 6) is -2.10. The lowest BCUT2D eigenvalue weighted by molar-refractivity contribution is -0.142. The molecule has 1 rings (SSSR count). The highest BCUT2D eigenvalue weighted by atomic mass is 32.2. The Morgan fingerprint density at radius 3 is 2.57 bits per heavy atom. The van der Waals surface area contributed by atoms with Crippen LogP contribution in [0, 0.1) is 5.92 Å². The number of carboxylic acids is 1. The zero-order valence-corrected chi connectivity index (χ0v) is 12.8. The first kappa shape index (κ1) is 17.7. The van der Waals surface area contributed by atoms with Gasteiger partial charge in [0.15, 0.2) is 0 Å². The molecule has 1 aliphatic rings. The third kappa shape index (κ3) is 4.55. The van der Waals surface area contributed by atoms with Crippen molar-refractivity contribution in [1.29, 1.82) is 0 Å². The highest BCUT2D eigenvalue weighted by molar-refractivity contribution is 7.87. The van der Waals surface area contributed by atoms with Crippen molar-refractivity contribution in [3.63, 3.8) is 0 Å². The zero-order chi connectivity index (χ0) is 16.0. The van der Waals surface area contributed by atoms with Crippen molar-refractivity contribution >= 4 is 22.3 Å². The Labute approximate surface area is 123 Å². The van der Waals surface area contributed by atoms with Gasteiger partial charge in [-0.2, -0.15) is 12.7 Å². The molecule has 0 spiro atoms. The third-order valence-electron chi connectivity index (χ3n) is 2.98. The summed E-state index contributed by atoms with van der Waals surface area (Å²) in [5, 5.41) is 9.12. The van der Waals surface area contributed by atoms with Crippen LogP contribution in [0.25, 0.3) is 0 Å². The van der Waals surface area contributed by atoms with Gasteiger partial charge in [-0.25, -0.2) is 9.52 Å². The molecular weight excluding hydrogens is 304 g/mol. The van der Waals surface area contributed by atoms with E-state index in [1.165, 1.54) is 0 Å². The Balaban J connectivity index is 2.94. The molecule has 0 saturated carbocycles. The Morgan fingerprint density at radius 1 is 1.38 bits per heavy atom. The molecule has 0 aromatic heterocycles. The van der Waals surface area contributed by atoms with Gasteiger partial charge in [-0.05, 0) is 13.3 Å². The fraction of sp³-hybridized carbons (Fsp3) is 0.818. The van der Waals surface area contributed by atoms with Gasteiger partial charge in [-0.15, -0.1) is 0 Å². The minimum absolute atomic E-state index is 0.0271. The van der Waals surface area contributed by atoms with Gasteiger partial charge in [-0.3, -0.25) is 4.79 Å². The molecule has 2 N–H and O–H groups in total. The number of hydrogen-bond acceptors (Lipinski definition) is 6. The highest BCUT2D eigenvalue weighted by Gasteiger charge is 2.43. The molecule has 122 valence electrons. The van der Waals surface area contributed by atoms with E-state index in [2.05, 4.69) is 4.74 Å². The van der Waals surface area contributed by atoms with E-state index in [1.54, 1.807) is 18.6 Å². The van der Waals surface area contributed by atoms with E-state index in [9.17, 15) is 18.0 Å². The van der Waals surface area contributed by atoms with Crippen LogP contribution in [0.2, 0.25) is 0 Å². The molecule has 1 aliphatic heterocycles. The monoisotopic (exact) mass is 324 g/mol. The van der Waals surface area contributed by atoms with Gasteiger partial charge in [0, 0.05) is 6.54 Å². The second kappa shape index (κ2) is 7.57. The quantitative estimate of drug-likeness (QED) is 0.664. The third-order valence-corrected chi connectivity index (χ3v) is 4.47. The van der Waals surface area contributed by atoms with E-state index in [1.807, 2.05) is 0 Å². The number of nitrogens with zero attached hydrogens (tertiary/aromatic N) is 1. The van der Waals surface area contributed by atoms with Gasteiger partial charge in [0.25, 0.3) is 0 Å². The van der Waals surface area contributed by atoms with Crippen molar-refractivity contribution in [3.05, 3.63) is 0 Å². The lowest BCUT2D eigenvalue weighted by Gasteiger charge is -2.28. The Hall–Kier alpha value is -1.39. The van der Waals surface area contributed by atoms with Crippen LogP contribution >= 0.6 is 0 Å². The number of nitrogens with one attached hydrogen (secondary N) is 1. The first-order valence-electron chi connectivity index (χ1n) is 6.60. The minimum Gasteiger partial charge on any atom is -0.481 e. The summed E-state index contributed by atoms with van der Waals surface area (Å²) < 4.78 is 36.8. The average Bonchev–Trinajstić information content (AvgIpc) is 2.84. The van der Waals surface area contributed by atoms with E-state index in [0.717, 1.165) is 4.31 Å². The van der Waals surface area contributed by atoms with Crippen molar-refractivity contribution < 1.29 is 32.6 Å². The van der Waals surface area contributed by atoms with E-state index >= 15 is 0 Å². The number of carboxylic acid groups (broad SMARTS) is 1. The summed E-state index contributed by atoms with van der Waals surface area (Å²) in [4.78, 5) is 22.5. The Morgan fingerprint density at radius 2 is 2.05 bits per heavy atom. The number of amides is 1. The standard InChI is InChI=1S/C11H20N2O7S/c1-3-5-13(9-7-19-6-8(9)10(14)15)21(17,18)12-11(16)20-4-2/h8-9H,3-7H2,1-2H3,(H,12,16)(H,14,15). The average molecular weight is 324 g/mol.